The Morgan fingerprint density at radius 2 is 2.04 bits per heavy atom. The molecule has 0 spiro atoms. The first-order valence-electron chi connectivity index (χ1n) is 9.03. The lowest BCUT2D eigenvalue weighted by atomic mass is 9.94. The van der Waals surface area contributed by atoms with E-state index in [-0.39, 0.29) is 11.4 Å². The van der Waals surface area contributed by atoms with Crippen LogP contribution in [0.4, 0.5) is 11.4 Å². The van der Waals surface area contributed by atoms with Crippen LogP contribution < -0.4 is 15.5 Å². The molecule has 0 atom stereocenters. The minimum atomic E-state index is 0.168. The van der Waals surface area contributed by atoms with Crippen molar-refractivity contribution in [3.63, 3.8) is 0 Å². The lowest BCUT2D eigenvalue weighted by Crippen LogP contribution is -2.47. The Hall–Kier alpha value is -1.62. The van der Waals surface area contributed by atoms with Gasteiger partial charge in [0.1, 0.15) is 0 Å². The minimum Gasteiger partial charge on any atom is -0.357 e. The summed E-state index contributed by atoms with van der Waals surface area (Å²) in [4.78, 5) is 13.8. The summed E-state index contributed by atoms with van der Waals surface area (Å²) in [6.07, 6.45) is 7.66. The van der Waals surface area contributed by atoms with Crippen LogP contribution in [0.25, 0.3) is 0 Å². The van der Waals surface area contributed by atoms with Gasteiger partial charge in [0, 0.05) is 29.9 Å². The number of hydrogen-bond donors (Lipinski definition) is 2. The third-order valence-electron chi connectivity index (χ3n) is 5.44. The van der Waals surface area contributed by atoms with E-state index in [1.54, 1.807) is 0 Å². The molecular formula is C19H27N3OS. The van der Waals surface area contributed by atoms with E-state index in [4.69, 9.17) is 12.2 Å². The summed E-state index contributed by atoms with van der Waals surface area (Å²) in [5.74, 6) is 0.224. The molecule has 1 heterocycles. The molecule has 2 N–H and O–H groups in total. The topological polar surface area (TPSA) is 44.4 Å². The van der Waals surface area contributed by atoms with Crippen LogP contribution in [-0.2, 0) is 4.79 Å². The number of carbonyl (C=O) groups is 1. The van der Waals surface area contributed by atoms with Crippen LogP contribution in [0.1, 0.15) is 57.4 Å². The van der Waals surface area contributed by atoms with Gasteiger partial charge in [0.25, 0.3) is 0 Å². The number of amides is 1. The van der Waals surface area contributed by atoms with Crippen molar-refractivity contribution < 1.29 is 4.79 Å². The van der Waals surface area contributed by atoms with E-state index < -0.39 is 0 Å². The van der Waals surface area contributed by atoms with Gasteiger partial charge in [-0.15, -0.1) is 0 Å². The number of aryl methyl sites for hydroxylation is 1. The first-order chi connectivity index (χ1) is 11.5. The molecule has 0 bridgehead atoms. The van der Waals surface area contributed by atoms with Crippen LogP contribution in [0.3, 0.4) is 0 Å². The van der Waals surface area contributed by atoms with Crippen LogP contribution in [-0.4, -0.2) is 23.1 Å². The van der Waals surface area contributed by atoms with Crippen molar-refractivity contribution in [1.29, 1.82) is 0 Å². The Labute approximate surface area is 150 Å². The normalized spacial score (nSPS) is 19.6. The molecule has 3 rings (SSSR count). The Kier molecular flexibility index (Phi) is 5.09. The fraction of sp³-hybridized carbons (Fsp3) is 0.579. The van der Waals surface area contributed by atoms with E-state index in [1.807, 2.05) is 24.0 Å². The third-order valence-corrected chi connectivity index (χ3v) is 5.64. The number of nitrogens with one attached hydrogen (secondary N) is 2. The Morgan fingerprint density at radius 1 is 1.29 bits per heavy atom. The van der Waals surface area contributed by atoms with E-state index in [0.29, 0.717) is 11.5 Å². The van der Waals surface area contributed by atoms with Crippen LogP contribution in [0.15, 0.2) is 18.2 Å². The minimum absolute atomic E-state index is 0.168. The molecule has 2 fully saturated rings. The number of thiocarbonyl (C=S) groups is 1. The van der Waals surface area contributed by atoms with Gasteiger partial charge >= 0.3 is 0 Å². The monoisotopic (exact) mass is 345 g/mol. The average Bonchev–Trinajstić information content (AvgIpc) is 3.17. The molecule has 1 aliphatic carbocycles. The van der Waals surface area contributed by atoms with Crippen LogP contribution >= 0.6 is 12.2 Å². The third kappa shape index (κ3) is 3.56. The molecule has 1 aromatic carbocycles. The largest absolute Gasteiger partial charge is 0.357 e. The van der Waals surface area contributed by atoms with Crippen LogP contribution in [0.5, 0.6) is 0 Å². The Morgan fingerprint density at radius 3 is 2.62 bits per heavy atom. The average molecular weight is 346 g/mol. The molecular weight excluding hydrogens is 318 g/mol. The maximum atomic E-state index is 11.9. The summed E-state index contributed by atoms with van der Waals surface area (Å²) in [6.45, 7) is 5.10. The molecule has 5 heteroatoms. The quantitative estimate of drug-likeness (QED) is 0.805. The van der Waals surface area contributed by atoms with Crippen molar-refractivity contribution in [3.8, 4) is 0 Å². The first kappa shape index (κ1) is 17.2. The highest BCUT2D eigenvalue weighted by Gasteiger charge is 2.32. The summed E-state index contributed by atoms with van der Waals surface area (Å²) in [6, 6.07) is 6.10. The van der Waals surface area contributed by atoms with Gasteiger partial charge in [-0.2, -0.15) is 0 Å². The highest BCUT2D eigenvalue weighted by atomic mass is 32.1. The molecule has 4 nitrogen and oxygen atoms in total. The van der Waals surface area contributed by atoms with Crippen molar-refractivity contribution in [2.45, 2.75) is 64.3 Å². The van der Waals surface area contributed by atoms with Crippen molar-refractivity contribution in [2.24, 2.45) is 0 Å². The molecule has 24 heavy (non-hydrogen) atoms. The van der Waals surface area contributed by atoms with Crippen molar-refractivity contribution in [2.75, 3.05) is 16.8 Å². The second-order valence-corrected chi connectivity index (χ2v) is 7.48. The van der Waals surface area contributed by atoms with Crippen molar-refractivity contribution in [3.05, 3.63) is 23.8 Å². The van der Waals surface area contributed by atoms with E-state index in [9.17, 15) is 4.79 Å². The van der Waals surface area contributed by atoms with Gasteiger partial charge in [0.2, 0.25) is 5.91 Å². The van der Waals surface area contributed by atoms with Crippen LogP contribution in [0.2, 0.25) is 0 Å². The zero-order chi connectivity index (χ0) is 17.2. The summed E-state index contributed by atoms with van der Waals surface area (Å²) >= 11 is 5.53. The molecule has 130 valence electrons. The van der Waals surface area contributed by atoms with Gasteiger partial charge in [0.15, 0.2) is 5.11 Å². The fourth-order valence-corrected chi connectivity index (χ4v) is 4.30. The van der Waals surface area contributed by atoms with Gasteiger partial charge < -0.3 is 15.5 Å². The summed E-state index contributed by atoms with van der Waals surface area (Å²) < 4.78 is 0. The standard InChI is InChI=1S/C19H27N3OS/c1-3-19(10-4-5-11-19)21-18(24)20-15-8-9-16(14(2)13-15)22-12-6-7-17(22)23/h8-9,13H,3-7,10-12H2,1-2H3,(H2,20,21,24). The highest BCUT2D eigenvalue weighted by Crippen LogP contribution is 2.32. The number of hydrogen-bond acceptors (Lipinski definition) is 2. The number of rotatable bonds is 4. The van der Waals surface area contributed by atoms with Crippen molar-refractivity contribution >= 4 is 34.6 Å². The number of nitrogens with zero attached hydrogens (tertiary/aromatic N) is 1. The van der Waals surface area contributed by atoms with Gasteiger partial charge in [-0.25, -0.2) is 0 Å². The van der Waals surface area contributed by atoms with E-state index >= 15 is 0 Å². The highest BCUT2D eigenvalue weighted by molar-refractivity contribution is 7.80. The zero-order valence-electron chi connectivity index (χ0n) is 14.7. The lowest BCUT2D eigenvalue weighted by molar-refractivity contribution is -0.117. The van der Waals surface area contributed by atoms with E-state index in [1.165, 1.54) is 25.7 Å². The molecule has 1 amide bonds. The summed E-state index contributed by atoms with van der Waals surface area (Å²) in [5, 5.41) is 7.55. The lowest BCUT2D eigenvalue weighted by Gasteiger charge is -2.30. The van der Waals surface area contributed by atoms with Crippen molar-refractivity contribution in [1.82, 2.24) is 5.32 Å². The SMILES string of the molecule is CCC1(NC(=S)Nc2ccc(N3CCCC3=O)c(C)c2)CCCC1. The van der Waals surface area contributed by atoms with E-state index in [0.717, 1.165) is 36.3 Å². The maximum Gasteiger partial charge on any atom is 0.227 e. The second kappa shape index (κ2) is 7.09. The number of benzene rings is 1. The van der Waals surface area contributed by atoms with Gasteiger partial charge in [-0.1, -0.05) is 19.8 Å². The van der Waals surface area contributed by atoms with Gasteiger partial charge in [-0.3, -0.25) is 4.79 Å². The zero-order valence-corrected chi connectivity index (χ0v) is 15.5. The van der Waals surface area contributed by atoms with E-state index in [2.05, 4.69) is 23.6 Å². The molecule has 2 aliphatic rings. The smallest absolute Gasteiger partial charge is 0.227 e. The molecule has 0 radical (unpaired) electrons. The molecule has 0 aromatic heterocycles. The summed E-state index contributed by atoms with van der Waals surface area (Å²) in [5.41, 5.74) is 3.26. The second-order valence-electron chi connectivity index (χ2n) is 7.07. The molecule has 0 unspecified atom stereocenters. The molecule has 1 aromatic rings. The molecule has 1 aliphatic heterocycles. The predicted molar refractivity (Wildman–Crippen MR) is 104 cm³/mol. The molecule has 1 saturated carbocycles. The predicted octanol–water partition coefficient (Wildman–Crippen LogP) is 4.13. The fourth-order valence-electron chi connectivity index (χ4n) is 3.96. The van der Waals surface area contributed by atoms with Crippen LogP contribution in [0, 0.1) is 6.92 Å². The van der Waals surface area contributed by atoms with Gasteiger partial charge in [0.05, 0.1) is 0 Å². The Bertz CT molecular complexity index is 637. The van der Waals surface area contributed by atoms with Gasteiger partial charge in [-0.05, 0) is 68.6 Å². The summed E-state index contributed by atoms with van der Waals surface area (Å²) in [7, 11) is 0. The Balaban J connectivity index is 1.66. The maximum absolute atomic E-state index is 11.9. The number of carbonyl (C=O) groups excluding carboxylic acids is 1. The number of anilines is 2. The molecule has 1 saturated heterocycles. The first-order valence-corrected chi connectivity index (χ1v) is 9.44.